The number of benzene rings is 2. The first-order valence-corrected chi connectivity index (χ1v) is 9.14. The first-order chi connectivity index (χ1) is 13.2. The first-order valence-electron chi connectivity index (χ1n) is 9.14. The lowest BCUT2D eigenvalue weighted by Gasteiger charge is -2.22. The first kappa shape index (κ1) is 20.6. The summed E-state index contributed by atoms with van der Waals surface area (Å²) in [6.07, 6.45) is 0. The molecule has 0 atom stereocenters. The fraction of sp³-hybridized carbons (Fsp3) is 0.381. The van der Waals surface area contributed by atoms with Crippen molar-refractivity contribution in [3.05, 3.63) is 60.2 Å². The number of guanidine groups is 1. The van der Waals surface area contributed by atoms with Crippen LogP contribution in [0.3, 0.4) is 0 Å². The second-order valence-electron chi connectivity index (χ2n) is 6.10. The lowest BCUT2D eigenvalue weighted by molar-refractivity contribution is 0.211. The summed E-state index contributed by atoms with van der Waals surface area (Å²) in [4.78, 5) is 6.40. The Bertz CT molecular complexity index is 674. The summed E-state index contributed by atoms with van der Waals surface area (Å²) < 4.78 is 10.8. The van der Waals surface area contributed by atoms with Gasteiger partial charge in [0.05, 0.1) is 13.2 Å². The van der Waals surface area contributed by atoms with Gasteiger partial charge >= 0.3 is 0 Å². The molecule has 27 heavy (non-hydrogen) atoms. The van der Waals surface area contributed by atoms with Crippen LogP contribution in [0, 0.1) is 0 Å². The Morgan fingerprint density at radius 2 is 1.78 bits per heavy atom. The number of rotatable bonds is 10. The molecule has 146 valence electrons. The van der Waals surface area contributed by atoms with Gasteiger partial charge in [-0.25, -0.2) is 0 Å². The van der Waals surface area contributed by atoms with E-state index in [2.05, 4.69) is 44.8 Å². The molecular weight excluding hydrogens is 340 g/mol. The molecule has 0 aliphatic rings. The molecule has 2 aromatic rings. The molecule has 2 N–H and O–H groups in total. The van der Waals surface area contributed by atoms with Gasteiger partial charge in [0.15, 0.2) is 5.96 Å². The Morgan fingerprint density at radius 1 is 1.04 bits per heavy atom. The summed E-state index contributed by atoms with van der Waals surface area (Å²) in [5, 5.41) is 6.70. The van der Waals surface area contributed by atoms with E-state index in [4.69, 9.17) is 9.47 Å². The molecule has 2 rings (SSSR count). The van der Waals surface area contributed by atoms with Crippen LogP contribution in [-0.2, 0) is 11.3 Å². The third kappa shape index (κ3) is 7.58. The lowest BCUT2D eigenvalue weighted by Crippen LogP contribution is -2.40. The van der Waals surface area contributed by atoms with Crippen molar-refractivity contribution in [2.75, 3.05) is 52.8 Å². The average molecular weight is 370 g/mol. The predicted octanol–water partition coefficient (Wildman–Crippen LogP) is 2.83. The maximum Gasteiger partial charge on any atom is 0.193 e. The largest absolute Gasteiger partial charge is 0.492 e. The monoisotopic (exact) mass is 370 g/mol. The highest BCUT2D eigenvalue weighted by Crippen LogP contribution is 2.10. The lowest BCUT2D eigenvalue weighted by atomic mass is 10.2. The molecule has 0 bridgehead atoms. The van der Waals surface area contributed by atoms with Crippen molar-refractivity contribution in [2.45, 2.75) is 6.54 Å². The Morgan fingerprint density at radius 3 is 2.44 bits per heavy atom. The van der Waals surface area contributed by atoms with Gasteiger partial charge in [0, 0.05) is 40.0 Å². The normalized spacial score (nSPS) is 11.1. The second kappa shape index (κ2) is 11.8. The number of para-hydroxylation sites is 1. The van der Waals surface area contributed by atoms with E-state index in [1.54, 1.807) is 14.2 Å². The van der Waals surface area contributed by atoms with Crippen LogP contribution in [0.25, 0.3) is 0 Å². The van der Waals surface area contributed by atoms with Gasteiger partial charge in [0.2, 0.25) is 0 Å². The number of hydrogen-bond donors (Lipinski definition) is 2. The molecule has 6 heteroatoms. The molecule has 0 fully saturated rings. The number of anilines is 1. The van der Waals surface area contributed by atoms with Crippen LogP contribution in [0.15, 0.2) is 59.6 Å². The summed E-state index contributed by atoms with van der Waals surface area (Å²) in [5.41, 5.74) is 2.29. The van der Waals surface area contributed by atoms with E-state index in [-0.39, 0.29) is 0 Å². The zero-order valence-corrected chi connectivity index (χ0v) is 16.4. The van der Waals surface area contributed by atoms with E-state index in [0.717, 1.165) is 37.0 Å². The smallest absolute Gasteiger partial charge is 0.193 e. The summed E-state index contributed by atoms with van der Waals surface area (Å²) in [6, 6.07) is 18.2. The van der Waals surface area contributed by atoms with E-state index in [0.29, 0.717) is 13.2 Å². The SMILES string of the molecule is CN=C(NCc1ccc(NCCOC)cc1)N(C)CCOc1ccccc1. The predicted molar refractivity (Wildman–Crippen MR) is 112 cm³/mol. The van der Waals surface area contributed by atoms with Gasteiger partial charge < -0.3 is 25.0 Å². The number of likely N-dealkylation sites (N-methyl/N-ethyl adjacent to an activating group) is 1. The van der Waals surface area contributed by atoms with Crippen molar-refractivity contribution in [3.63, 3.8) is 0 Å². The van der Waals surface area contributed by atoms with E-state index >= 15 is 0 Å². The van der Waals surface area contributed by atoms with Crippen molar-refractivity contribution in [1.29, 1.82) is 0 Å². The molecule has 0 aliphatic carbocycles. The molecule has 0 saturated heterocycles. The number of methoxy groups -OCH3 is 1. The molecule has 0 aliphatic heterocycles. The Balaban J connectivity index is 1.73. The van der Waals surface area contributed by atoms with Gasteiger partial charge in [-0.2, -0.15) is 0 Å². The van der Waals surface area contributed by atoms with E-state index < -0.39 is 0 Å². The number of nitrogens with one attached hydrogen (secondary N) is 2. The highest BCUT2D eigenvalue weighted by atomic mass is 16.5. The Hall–Kier alpha value is -2.73. The molecule has 0 heterocycles. The average Bonchev–Trinajstić information content (AvgIpc) is 2.70. The van der Waals surface area contributed by atoms with Crippen LogP contribution >= 0.6 is 0 Å². The van der Waals surface area contributed by atoms with Crippen LogP contribution < -0.4 is 15.4 Å². The van der Waals surface area contributed by atoms with Crippen LogP contribution in [0.5, 0.6) is 5.75 Å². The highest BCUT2D eigenvalue weighted by molar-refractivity contribution is 5.79. The second-order valence-corrected chi connectivity index (χ2v) is 6.10. The molecule has 6 nitrogen and oxygen atoms in total. The molecule has 2 aromatic carbocycles. The van der Waals surface area contributed by atoms with E-state index in [1.807, 2.05) is 37.4 Å². The fourth-order valence-corrected chi connectivity index (χ4v) is 2.53. The van der Waals surface area contributed by atoms with Crippen molar-refractivity contribution in [1.82, 2.24) is 10.2 Å². The summed E-state index contributed by atoms with van der Waals surface area (Å²) in [7, 11) is 5.50. The van der Waals surface area contributed by atoms with Gasteiger partial charge in [-0.1, -0.05) is 30.3 Å². The molecule has 0 radical (unpaired) electrons. The van der Waals surface area contributed by atoms with Crippen molar-refractivity contribution >= 4 is 11.6 Å². The Kier molecular flexibility index (Phi) is 9.00. The number of ether oxygens (including phenoxy) is 2. The summed E-state index contributed by atoms with van der Waals surface area (Å²) >= 11 is 0. The van der Waals surface area contributed by atoms with Crippen LogP contribution in [0.1, 0.15) is 5.56 Å². The highest BCUT2D eigenvalue weighted by Gasteiger charge is 2.06. The number of aliphatic imine (C=N–C) groups is 1. The molecular formula is C21H30N4O2. The quantitative estimate of drug-likeness (QED) is 0.383. The molecule has 0 spiro atoms. The molecule has 0 amide bonds. The third-order valence-electron chi connectivity index (χ3n) is 4.05. The topological polar surface area (TPSA) is 58.1 Å². The molecule has 0 aromatic heterocycles. The number of nitrogens with zero attached hydrogens (tertiary/aromatic N) is 2. The minimum atomic E-state index is 0.600. The maximum absolute atomic E-state index is 5.75. The minimum absolute atomic E-state index is 0.600. The van der Waals surface area contributed by atoms with Crippen molar-refractivity contribution < 1.29 is 9.47 Å². The summed E-state index contributed by atoms with van der Waals surface area (Å²) in [6.45, 7) is 3.56. The van der Waals surface area contributed by atoms with Crippen LogP contribution in [0.2, 0.25) is 0 Å². The van der Waals surface area contributed by atoms with E-state index in [9.17, 15) is 0 Å². The molecule has 0 unspecified atom stereocenters. The molecule has 0 saturated carbocycles. The maximum atomic E-state index is 5.75. The van der Waals surface area contributed by atoms with Gasteiger partial charge in [-0.3, -0.25) is 4.99 Å². The van der Waals surface area contributed by atoms with Gasteiger partial charge in [0.25, 0.3) is 0 Å². The number of hydrogen-bond acceptors (Lipinski definition) is 4. The van der Waals surface area contributed by atoms with Crippen LogP contribution in [-0.4, -0.2) is 58.4 Å². The zero-order valence-electron chi connectivity index (χ0n) is 16.4. The fourth-order valence-electron chi connectivity index (χ4n) is 2.53. The van der Waals surface area contributed by atoms with Gasteiger partial charge in [0.1, 0.15) is 12.4 Å². The summed E-state index contributed by atoms with van der Waals surface area (Å²) in [5.74, 6) is 1.72. The third-order valence-corrected chi connectivity index (χ3v) is 4.05. The van der Waals surface area contributed by atoms with Gasteiger partial charge in [-0.15, -0.1) is 0 Å². The minimum Gasteiger partial charge on any atom is -0.492 e. The Labute approximate surface area is 162 Å². The van der Waals surface area contributed by atoms with E-state index in [1.165, 1.54) is 5.56 Å². The van der Waals surface area contributed by atoms with Crippen molar-refractivity contribution in [3.8, 4) is 5.75 Å². The van der Waals surface area contributed by atoms with Gasteiger partial charge in [-0.05, 0) is 29.8 Å². The zero-order chi connectivity index (χ0) is 19.3. The van der Waals surface area contributed by atoms with Crippen LogP contribution in [0.4, 0.5) is 5.69 Å². The standard InChI is InChI=1S/C21H30N4O2/c1-22-21(25(2)14-16-27-20-7-5-4-6-8-20)24-17-18-9-11-19(12-10-18)23-13-15-26-3/h4-12,23H,13-17H2,1-3H3,(H,22,24). The van der Waals surface area contributed by atoms with Crippen molar-refractivity contribution in [2.24, 2.45) is 4.99 Å².